The monoisotopic (exact) mass is 821 g/mol. The topological polar surface area (TPSA) is 78.9 Å². The molecule has 0 radical (unpaired) electrons. The van der Waals surface area contributed by atoms with Gasteiger partial charge in [0.15, 0.2) is 6.10 Å². The molecule has 0 aliphatic rings. The molecule has 6 heteroatoms. The molecule has 0 fully saturated rings. The Hall–Kier alpha value is -1.59. The fourth-order valence-corrected chi connectivity index (χ4v) is 7.81. The van der Waals surface area contributed by atoms with E-state index in [1.807, 2.05) is 0 Å². The van der Waals surface area contributed by atoms with Crippen molar-refractivity contribution < 1.29 is 28.6 Å². The van der Waals surface area contributed by atoms with Crippen LogP contribution < -0.4 is 0 Å². The minimum atomic E-state index is -0.761. The highest BCUT2D eigenvalue weighted by molar-refractivity contribution is 5.71. The Bertz CT molecular complexity index is 885. The lowest BCUT2D eigenvalue weighted by Gasteiger charge is -2.18. The fourth-order valence-electron chi connectivity index (χ4n) is 7.81. The molecule has 0 aliphatic heterocycles. The summed E-state index contributed by atoms with van der Waals surface area (Å²) in [5.41, 5.74) is 0. The second-order valence-corrected chi connectivity index (χ2v) is 18.8. The molecule has 0 rings (SSSR count). The molecular weight excluding hydrogens is 721 g/mol. The van der Waals surface area contributed by atoms with Crippen LogP contribution in [0.1, 0.15) is 285 Å². The molecule has 1 atom stereocenters. The molecule has 0 aliphatic carbocycles. The van der Waals surface area contributed by atoms with Crippen LogP contribution in [0.5, 0.6) is 0 Å². The van der Waals surface area contributed by atoms with E-state index in [4.69, 9.17) is 14.2 Å². The highest BCUT2D eigenvalue weighted by Crippen LogP contribution is 2.17. The van der Waals surface area contributed by atoms with Crippen molar-refractivity contribution in [2.24, 2.45) is 11.8 Å². The molecule has 0 aromatic carbocycles. The lowest BCUT2D eigenvalue weighted by Crippen LogP contribution is -2.30. The number of rotatable bonds is 46. The van der Waals surface area contributed by atoms with Crippen LogP contribution in [0.15, 0.2) is 0 Å². The summed E-state index contributed by atoms with van der Waals surface area (Å²) in [6, 6.07) is 0. The summed E-state index contributed by atoms with van der Waals surface area (Å²) in [5, 5.41) is 0. The van der Waals surface area contributed by atoms with Crippen molar-refractivity contribution in [1.82, 2.24) is 0 Å². The van der Waals surface area contributed by atoms with E-state index < -0.39 is 6.10 Å². The zero-order valence-corrected chi connectivity index (χ0v) is 39.7. The lowest BCUT2D eigenvalue weighted by molar-refractivity contribution is -0.167. The van der Waals surface area contributed by atoms with Crippen LogP contribution in [0.3, 0.4) is 0 Å². The molecule has 0 bridgehead atoms. The Kier molecular flexibility index (Phi) is 43.7. The third kappa shape index (κ3) is 45.5. The minimum absolute atomic E-state index is 0.0641. The number of hydrogen-bond acceptors (Lipinski definition) is 6. The van der Waals surface area contributed by atoms with Crippen molar-refractivity contribution in [3.05, 3.63) is 0 Å². The number of carbonyl (C=O) groups excluding carboxylic acids is 3. The van der Waals surface area contributed by atoms with Gasteiger partial charge in [0.25, 0.3) is 0 Å². The van der Waals surface area contributed by atoms with Gasteiger partial charge in [-0.1, -0.05) is 247 Å². The third-order valence-electron chi connectivity index (χ3n) is 11.7. The van der Waals surface area contributed by atoms with Crippen molar-refractivity contribution >= 4 is 17.9 Å². The van der Waals surface area contributed by atoms with Gasteiger partial charge < -0.3 is 14.2 Å². The second kappa shape index (κ2) is 44.9. The molecule has 0 aromatic heterocycles. The summed E-state index contributed by atoms with van der Waals surface area (Å²) in [6.45, 7) is 11.3. The maximum absolute atomic E-state index is 12.7. The van der Waals surface area contributed by atoms with Gasteiger partial charge in [-0.3, -0.25) is 14.4 Å². The molecule has 0 unspecified atom stereocenters. The zero-order chi connectivity index (χ0) is 42.6. The van der Waals surface area contributed by atoms with Gasteiger partial charge in [-0.2, -0.15) is 0 Å². The first kappa shape index (κ1) is 56.4. The number of ether oxygens (including phenoxy) is 3. The molecule has 6 nitrogen and oxygen atoms in total. The molecular formula is C52H100O6. The standard InChI is InChI=1S/C52H100O6/c1-6-7-8-9-10-11-12-14-18-21-27-32-37-42-50(53)56-45-49(58-52(55)44-39-34-29-24-23-26-31-36-41-48(4)5)46-57-51(54)43-38-33-28-22-19-16-13-15-17-20-25-30-35-40-47(2)3/h47-49H,6-46H2,1-5H3/t49-/m0/s1. The number of unbranched alkanes of at least 4 members (excludes halogenated alkanes) is 31. The summed E-state index contributed by atoms with van der Waals surface area (Å²) >= 11 is 0. The van der Waals surface area contributed by atoms with E-state index in [0.29, 0.717) is 19.3 Å². The number of hydrogen-bond donors (Lipinski definition) is 0. The van der Waals surface area contributed by atoms with Crippen LogP contribution >= 0.6 is 0 Å². The maximum Gasteiger partial charge on any atom is 0.306 e. The van der Waals surface area contributed by atoms with Crippen molar-refractivity contribution in [2.45, 2.75) is 291 Å². The van der Waals surface area contributed by atoms with Gasteiger partial charge in [-0.05, 0) is 31.1 Å². The highest BCUT2D eigenvalue weighted by Gasteiger charge is 2.19. The first-order valence-electron chi connectivity index (χ1n) is 25.7. The summed E-state index contributed by atoms with van der Waals surface area (Å²) in [7, 11) is 0. The predicted molar refractivity (Wildman–Crippen MR) is 247 cm³/mol. The molecule has 0 saturated carbocycles. The average molecular weight is 821 g/mol. The van der Waals surface area contributed by atoms with Crippen molar-refractivity contribution in [1.29, 1.82) is 0 Å². The van der Waals surface area contributed by atoms with E-state index in [1.165, 1.54) is 173 Å². The fraction of sp³-hybridized carbons (Fsp3) is 0.942. The van der Waals surface area contributed by atoms with E-state index in [-0.39, 0.29) is 31.1 Å². The normalized spacial score (nSPS) is 12.1. The van der Waals surface area contributed by atoms with Gasteiger partial charge in [0.1, 0.15) is 13.2 Å². The molecule has 0 saturated heterocycles. The highest BCUT2D eigenvalue weighted by atomic mass is 16.6. The molecule has 0 N–H and O–H groups in total. The number of carbonyl (C=O) groups is 3. The Morgan fingerprint density at radius 3 is 0.845 bits per heavy atom. The molecule has 0 aromatic rings. The average Bonchev–Trinajstić information content (AvgIpc) is 3.19. The van der Waals surface area contributed by atoms with E-state index in [0.717, 1.165) is 69.6 Å². The maximum atomic E-state index is 12.7. The van der Waals surface area contributed by atoms with Crippen LogP contribution in [0.4, 0.5) is 0 Å². The van der Waals surface area contributed by atoms with E-state index in [2.05, 4.69) is 34.6 Å². The van der Waals surface area contributed by atoms with Crippen LogP contribution in [-0.4, -0.2) is 37.2 Å². The summed E-state index contributed by atoms with van der Waals surface area (Å²) in [6.07, 6.45) is 45.2. The van der Waals surface area contributed by atoms with E-state index in [1.54, 1.807) is 0 Å². The quantitative estimate of drug-likeness (QED) is 0.0346. The molecule has 344 valence electrons. The lowest BCUT2D eigenvalue weighted by atomic mass is 10.0. The van der Waals surface area contributed by atoms with Gasteiger partial charge >= 0.3 is 17.9 Å². The summed E-state index contributed by atoms with van der Waals surface area (Å²) in [5.74, 6) is 0.783. The van der Waals surface area contributed by atoms with Crippen LogP contribution in [0, 0.1) is 11.8 Å². The van der Waals surface area contributed by atoms with E-state index in [9.17, 15) is 14.4 Å². The smallest absolute Gasteiger partial charge is 0.306 e. The van der Waals surface area contributed by atoms with Gasteiger partial charge in [0, 0.05) is 19.3 Å². The van der Waals surface area contributed by atoms with Gasteiger partial charge in [-0.25, -0.2) is 0 Å². The van der Waals surface area contributed by atoms with Crippen molar-refractivity contribution in [2.75, 3.05) is 13.2 Å². The molecule has 0 heterocycles. The van der Waals surface area contributed by atoms with Crippen LogP contribution in [0.25, 0.3) is 0 Å². The minimum Gasteiger partial charge on any atom is -0.462 e. The van der Waals surface area contributed by atoms with Crippen molar-refractivity contribution in [3.8, 4) is 0 Å². The largest absolute Gasteiger partial charge is 0.462 e. The van der Waals surface area contributed by atoms with Gasteiger partial charge in [0.2, 0.25) is 0 Å². The Balaban J connectivity index is 4.29. The first-order chi connectivity index (χ1) is 28.2. The zero-order valence-electron chi connectivity index (χ0n) is 39.7. The SMILES string of the molecule is CCCCCCCCCCCCCCCC(=O)OC[C@@H](COC(=O)CCCCCCCCCCCCCCCC(C)C)OC(=O)CCCCCCCCCCC(C)C. The van der Waals surface area contributed by atoms with Crippen molar-refractivity contribution in [3.63, 3.8) is 0 Å². The molecule has 0 spiro atoms. The summed E-state index contributed by atoms with van der Waals surface area (Å²) < 4.78 is 16.8. The first-order valence-corrected chi connectivity index (χ1v) is 25.7. The second-order valence-electron chi connectivity index (χ2n) is 18.8. The van der Waals surface area contributed by atoms with Crippen LogP contribution in [0.2, 0.25) is 0 Å². The Morgan fingerprint density at radius 1 is 0.328 bits per heavy atom. The molecule has 58 heavy (non-hydrogen) atoms. The Labute approximate surface area is 361 Å². The number of esters is 3. The van der Waals surface area contributed by atoms with Gasteiger partial charge in [0.05, 0.1) is 0 Å². The predicted octanol–water partition coefficient (Wildman–Crippen LogP) is 16.5. The Morgan fingerprint density at radius 2 is 0.569 bits per heavy atom. The van der Waals surface area contributed by atoms with E-state index >= 15 is 0 Å². The van der Waals surface area contributed by atoms with Crippen LogP contribution in [-0.2, 0) is 28.6 Å². The molecule has 0 amide bonds. The summed E-state index contributed by atoms with van der Waals surface area (Å²) in [4.78, 5) is 37.9. The van der Waals surface area contributed by atoms with Gasteiger partial charge in [-0.15, -0.1) is 0 Å². The third-order valence-corrected chi connectivity index (χ3v) is 11.7.